The van der Waals surface area contributed by atoms with E-state index in [0.29, 0.717) is 12.0 Å². The van der Waals surface area contributed by atoms with E-state index in [0.717, 1.165) is 37.6 Å². The van der Waals surface area contributed by atoms with Gasteiger partial charge in [-0.05, 0) is 43.9 Å². The second kappa shape index (κ2) is 6.85. The van der Waals surface area contributed by atoms with E-state index >= 15 is 0 Å². The molecule has 1 aliphatic carbocycles. The van der Waals surface area contributed by atoms with E-state index in [2.05, 4.69) is 53.3 Å². The summed E-state index contributed by atoms with van der Waals surface area (Å²) in [5.74, 6) is 1.71. The van der Waals surface area contributed by atoms with Crippen LogP contribution in [0.2, 0.25) is 0 Å². The van der Waals surface area contributed by atoms with E-state index < -0.39 is 0 Å². The second-order valence-electron chi connectivity index (χ2n) is 5.83. The lowest BCUT2D eigenvalue weighted by molar-refractivity contribution is 0.546. The maximum atomic E-state index is 4.39. The molecular weight excluding hydrogens is 236 g/mol. The topological polar surface area (TPSA) is 41.0 Å². The molecule has 1 fully saturated rings. The molecule has 0 bridgehead atoms. The van der Waals surface area contributed by atoms with Crippen molar-refractivity contribution in [3.63, 3.8) is 0 Å². The van der Waals surface area contributed by atoms with Crippen molar-refractivity contribution in [2.24, 2.45) is 5.92 Å². The fourth-order valence-corrected chi connectivity index (χ4v) is 2.20. The molecule has 0 saturated heterocycles. The van der Waals surface area contributed by atoms with Crippen LogP contribution in [-0.4, -0.2) is 29.3 Å². The van der Waals surface area contributed by atoms with Crippen LogP contribution in [0.15, 0.2) is 12.1 Å². The van der Waals surface area contributed by atoms with Crippen molar-refractivity contribution in [1.82, 2.24) is 15.5 Å². The first kappa shape index (κ1) is 14.3. The maximum Gasteiger partial charge on any atom is 0.151 e. The molecule has 19 heavy (non-hydrogen) atoms. The van der Waals surface area contributed by atoms with Crippen molar-refractivity contribution in [3.8, 4) is 0 Å². The van der Waals surface area contributed by atoms with Gasteiger partial charge in [-0.25, -0.2) is 0 Å². The smallest absolute Gasteiger partial charge is 0.151 e. The summed E-state index contributed by atoms with van der Waals surface area (Å²) in [6, 6.07) is 4.92. The molecule has 106 valence electrons. The predicted octanol–water partition coefficient (Wildman–Crippen LogP) is 2.60. The Morgan fingerprint density at radius 2 is 2.11 bits per heavy atom. The zero-order valence-corrected chi connectivity index (χ0v) is 12.4. The summed E-state index contributed by atoms with van der Waals surface area (Å²) >= 11 is 0. The van der Waals surface area contributed by atoms with Gasteiger partial charge in [0.05, 0.1) is 5.69 Å². The predicted molar refractivity (Wildman–Crippen MR) is 79.2 cm³/mol. The highest BCUT2D eigenvalue weighted by molar-refractivity contribution is 5.40. The molecule has 2 rings (SSSR count). The first-order chi connectivity index (χ1) is 9.20. The Morgan fingerprint density at radius 3 is 2.63 bits per heavy atom. The first-order valence-corrected chi connectivity index (χ1v) is 7.50. The number of nitrogens with one attached hydrogen (secondary N) is 1. The van der Waals surface area contributed by atoms with Crippen LogP contribution in [0.4, 0.5) is 5.82 Å². The largest absolute Gasteiger partial charge is 0.352 e. The number of hydrogen-bond acceptors (Lipinski definition) is 4. The zero-order valence-electron chi connectivity index (χ0n) is 12.4. The standard InChI is InChI=1S/C15H26N4/c1-4-9-19(14-6-7-14)15-8-5-13(17-18-15)11-16-10-12(2)3/h5,8,12,14,16H,4,6-7,9-11H2,1-3H3. The van der Waals surface area contributed by atoms with E-state index in [1.807, 2.05) is 0 Å². The molecule has 0 aliphatic heterocycles. The third-order valence-corrected chi connectivity index (χ3v) is 3.31. The molecule has 0 atom stereocenters. The van der Waals surface area contributed by atoms with Gasteiger partial charge in [0.15, 0.2) is 5.82 Å². The number of rotatable bonds is 8. The molecule has 0 radical (unpaired) electrons. The third-order valence-electron chi connectivity index (χ3n) is 3.31. The molecule has 1 aromatic heterocycles. The van der Waals surface area contributed by atoms with E-state index in [9.17, 15) is 0 Å². The fourth-order valence-electron chi connectivity index (χ4n) is 2.20. The van der Waals surface area contributed by atoms with Gasteiger partial charge < -0.3 is 10.2 Å². The third kappa shape index (κ3) is 4.46. The van der Waals surface area contributed by atoms with Crippen molar-refractivity contribution in [2.75, 3.05) is 18.0 Å². The van der Waals surface area contributed by atoms with Crippen LogP contribution in [0.1, 0.15) is 45.7 Å². The Hall–Kier alpha value is -1.16. The van der Waals surface area contributed by atoms with Crippen molar-refractivity contribution in [2.45, 2.75) is 52.6 Å². The molecule has 1 heterocycles. The molecule has 4 nitrogen and oxygen atoms in total. The highest BCUT2D eigenvalue weighted by atomic mass is 15.3. The molecule has 0 unspecified atom stereocenters. The van der Waals surface area contributed by atoms with Crippen LogP contribution in [0.5, 0.6) is 0 Å². The maximum absolute atomic E-state index is 4.39. The van der Waals surface area contributed by atoms with Gasteiger partial charge in [-0.3, -0.25) is 0 Å². The van der Waals surface area contributed by atoms with Crippen LogP contribution < -0.4 is 10.2 Å². The number of nitrogens with zero attached hydrogens (tertiary/aromatic N) is 3. The number of anilines is 1. The van der Waals surface area contributed by atoms with Gasteiger partial charge in [-0.2, -0.15) is 5.10 Å². The molecule has 4 heteroatoms. The summed E-state index contributed by atoms with van der Waals surface area (Å²) in [6.45, 7) is 9.55. The molecular formula is C15H26N4. The number of aromatic nitrogens is 2. The minimum absolute atomic E-state index is 0.669. The molecule has 0 spiro atoms. The average Bonchev–Trinajstić information content (AvgIpc) is 3.21. The first-order valence-electron chi connectivity index (χ1n) is 7.50. The van der Waals surface area contributed by atoms with Gasteiger partial charge in [0, 0.05) is 19.1 Å². The van der Waals surface area contributed by atoms with E-state index in [1.54, 1.807) is 0 Å². The van der Waals surface area contributed by atoms with Crippen molar-refractivity contribution in [1.29, 1.82) is 0 Å². The van der Waals surface area contributed by atoms with E-state index in [4.69, 9.17) is 0 Å². The van der Waals surface area contributed by atoms with Crippen molar-refractivity contribution < 1.29 is 0 Å². The zero-order chi connectivity index (χ0) is 13.7. The van der Waals surface area contributed by atoms with Gasteiger partial charge in [-0.15, -0.1) is 5.10 Å². The highest BCUT2D eigenvalue weighted by Crippen LogP contribution is 2.30. The Morgan fingerprint density at radius 1 is 1.32 bits per heavy atom. The van der Waals surface area contributed by atoms with Crippen molar-refractivity contribution in [3.05, 3.63) is 17.8 Å². The molecule has 1 aromatic rings. The van der Waals surface area contributed by atoms with Gasteiger partial charge in [0.25, 0.3) is 0 Å². The van der Waals surface area contributed by atoms with Crippen LogP contribution >= 0.6 is 0 Å². The summed E-state index contributed by atoms with van der Waals surface area (Å²) in [7, 11) is 0. The lowest BCUT2D eigenvalue weighted by Crippen LogP contribution is -2.28. The summed E-state index contributed by atoms with van der Waals surface area (Å²) in [4.78, 5) is 2.40. The monoisotopic (exact) mass is 262 g/mol. The van der Waals surface area contributed by atoms with Gasteiger partial charge in [0.1, 0.15) is 0 Å². The number of hydrogen-bond donors (Lipinski definition) is 1. The Bertz CT molecular complexity index is 370. The second-order valence-corrected chi connectivity index (χ2v) is 5.83. The van der Waals surface area contributed by atoms with E-state index in [-0.39, 0.29) is 0 Å². The van der Waals surface area contributed by atoms with Crippen LogP contribution in [-0.2, 0) is 6.54 Å². The van der Waals surface area contributed by atoms with Crippen LogP contribution in [0, 0.1) is 5.92 Å². The molecule has 0 amide bonds. The van der Waals surface area contributed by atoms with Crippen LogP contribution in [0.25, 0.3) is 0 Å². The Labute approximate surface area is 116 Å². The summed E-state index contributed by atoms with van der Waals surface area (Å²) in [5.41, 5.74) is 1.02. The highest BCUT2D eigenvalue weighted by Gasteiger charge is 2.29. The molecule has 1 N–H and O–H groups in total. The molecule has 0 aromatic carbocycles. The van der Waals surface area contributed by atoms with Gasteiger partial charge in [0.2, 0.25) is 0 Å². The van der Waals surface area contributed by atoms with Crippen molar-refractivity contribution >= 4 is 5.82 Å². The van der Waals surface area contributed by atoms with Gasteiger partial charge >= 0.3 is 0 Å². The van der Waals surface area contributed by atoms with E-state index in [1.165, 1.54) is 12.8 Å². The average molecular weight is 262 g/mol. The lowest BCUT2D eigenvalue weighted by atomic mass is 10.2. The molecule has 1 saturated carbocycles. The summed E-state index contributed by atoms with van der Waals surface area (Å²) in [6.07, 6.45) is 3.77. The normalized spacial score (nSPS) is 14.9. The Kier molecular flexibility index (Phi) is 5.14. The minimum Gasteiger partial charge on any atom is -0.352 e. The minimum atomic E-state index is 0.669. The van der Waals surface area contributed by atoms with Gasteiger partial charge in [-0.1, -0.05) is 20.8 Å². The Balaban J connectivity index is 1.89. The fraction of sp³-hybridized carbons (Fsp3) is 0.733. The SMILES string of the molecule is CCCN(c1ccc(CNCC(C)C)nn1)C1CC1. The summed E-state index contributed by atoms with van der Waals surface area (Å²) < 4.78 is 0. The summed E-state index contributed by atoms with van der Waals surface area (Å²) in [5, 5.41) is 12.1. The lowest BCUT2D eigenvalue weighted by Gasteiger charge is -2.22. The molecule has 1 aliphatic rings. The van der Waals surface area contributed by atoms with Crippen LogP contribution in [0.3, 0.4) is 0 Å². The quantitative estimate of drug-likeness (QED) is 0.782.